The van der Waals surface area contributed by atoms with E-state index in [0.29, 0.717) is 25.7 Å². The van der Waals surface area contributed by atoms with Gasteiger partial charge in [0.2, 0.25) is 35.4 Å². The number of nitrogens with one attached hydrogen (secondary N) is 6. The van der Waals surface area contributed by atoms with Crippen molar-refractivity contribution in [3.05, 3.63) is 0 Å². The summed E-state index contributed by atoms with van der Waals surface area (Å²) in [5.74, 6) is -9.67. The fraction of sp³-hybridized carbons (Fsp3) is 0.750. The molecule has 6 amide bonds. The summed E-state index contributed by atoms with van der Waals surface area (Å²) in [6, 6.07) is -6.90. The van der Waals surface area contributed by atoms with E-state index < -0.39 is 134 Å². The van der Waals surface area contributed by atoms with Gasteiger partial charge in [-0.1, -0.05) is 53.9 Å². The zero-order valence-corrected chi connectivity index (χ0v) is 33.4. The van der Waals surface area contributed by atoms with Crippen molar-refractivity contribution in [2.75, 3.05) is 6.54 Å². The molecule has 20 nitrogen and oxygen atoms in total. The number of hydrogen-bond acceptors (Lipinski definition) is 11. The second kappa shape index (κ2) is 24.8. The van der Waals surface area contributed by atoms with Crippen molar-refractivity contribution < 1.29 is 68.5 Å². The number of carboxylic acids is 3. The molecule has 0 spiro atoms. The first-order valence-electron chi connectivity index (χ1n) is 19.3. The predicted octanol–water partition coefficient (Wildman–Crippen LogP) is -0.734. The largest absolute Gasteiger partial charge is 0.481 e. The Hall–Kier alpha value is -4.79. The molecule has 0 heterocycles. The van der Waals surface area contributed by atoms with Gasteiger partial charge >= 0.3 is 25.0 Å². The third-order valence-electron chi connectivity index (χ3n) is 9.27. The first kappa shape index (κ1) is 50.2. The molecule has 21 heteroatoms. The molecule has 0 bridgehead atoms. The number of aliphatic carboxylic acids is 3. The molecule has 0 aromatic carbocycles. The van der Waals surface area contributed by atoms with Gasteiger partial charge in [-0.15, -0.1) is 0 Å². The molecule has 5 atom stereocenters. The minimum Gasteiger partial charge on any atom is -0.481 e. The molecule has 0 saturated heterocycles. The van der Waals surface area contributed by atoms with Crippen molar-refractivity contribution in [3.8, 4) is 0 Å². The Morgan fingerprint density at radius 3 is 1.75 bits per heavy atom. The van der Waals surface area contributed by atoms with E-state index in [0.717, 1.165) is 6.42 Å². The third-order valence-corrected chi connectivity index (χ3v) is 9.27. The molecule has 0 aliphatic heterocycles. The van der Waals surface area contributed by atoms with Gasteiger partial charge in [0.05, 0.1) is 12.8 Å². The molecule has 0 aromatic heterocycles. The van der Waals surface area contributed by atoms with Gasteiger partial charge < -0.3 is 57.3 Å². The number of carbonyl (C=O) groups excluding carboxylic acids is 6. The van der Waals surface area contributed by atoms with E-state index in [2.05, 4.69) is 31.9 Å². The van der Waals surface area contributed by atoms with E-state index in [9.17, 15) is 53.4 Å². The summed E-state index contributed by atoms with van der Waals surface area (Å²) in [4.78, 5) is 114. The van der Waals surface area contributed by atoms with Crippen molar-refractivity contribution in [1.29, 1.82) is 0 Å². The first-order chi connectivity index (χ1) is 26.5. The van der Waals surface area contributed by atoms with Crippen molar-refractivity contribution in [2.45, 2.75) is 148 Å². The maximum absolute atomic E-state index is 14.2. The third kappa shape index (κ3) is 20.3. The fourth-order valence-electron chi connectivity index (χ4n) is 6.28. The molecule has 1 aliphatic carbocycles. The number of carboxylic acid groups (broad SMARTS) is 3. The van der Waals surface area contributed by atoms with E-state index in [4.69, 9.17) is 15.2 Å². The lowest BCUT2D eigenvalue weighted by molar-refractivity contribution is -0.142. The summed E-state index contributed by atoms with van der Waals surface area (Å²) in [7, 11) is -1.53. The van der Waals surface area contributed by atoms with E-state index >= 15 is 0 Å². The first-order valence-corrected chi connectivity index (χ1v) is 19.3. The lowest BCUT2D eigenvalue weighted by Gasteiger charge is -2.36. The van der Waals surface area contributed by atoms with Crippen LogP contribution < -0.4 is 31.9 Å². The molecule has 11 N–H and O–H groups in total. The van der Waals surface area contributed by atoms with Gasteiger partial charge in [0.25, 0.3) is 0 Å². The number of carbonyl (C=O) groups is 9. The zero-order valence-electron chi connectivity index (χ0n) is 33.4. The van der Waals surface area contributed by atoms with E-state index in [-0.39, 0.29) is 31.6 Å². The Morgan fingerprint density at radius 2 is 1.23 bits per heavy atom. The lowest BCUT2D eigenvalue weighted by Crippen LogP contribution is -2.63. The van der Waals surface area contributed by atoms with E-state index in [1.165, 1.54) is 0 Å². The maximum atomic E-state index is 14.2. The smallest absolute Gasteiger partial charge is 0.451 e. The molecule has 1 rings (SSSR count). The van der Waals surface area contributed by atoms with Crippen molar-refractivity contribution >= 4 is 60.5 Å². The Labute approximate surface area is 332 Å². The van der Waals surface area contributed by atoms with Crippen LogP contribution in [0.15, 0.2) is 0 Å². The Kier molecular flexibility index (Phi) is 21.8. The summed E-state index contributed by atoms with van der Waals surface area (Å²) in [6.45, 7) is 8.90. The van der Waals surface area contributed by atoms with Gasteiger partial charge in [0.15, 0.2) is 0 Å². The summed E-state index contributed by atoms with van der Waals surface area (Å²) in [5, 5.41) is 61.0. The van der Waals surface area contributed by atoms with Crippen LogP contribution in [0.5, 0.6) is 0 Å². The van der Waals surface area contributed by atoms with E-state index in [1.54, 1.807) is 20.8 Å². The minimum atomic E-state index is -1.76. The number of amides is 6. The van der Waals surface area contributed by atoms with Crippen LogP contribution in [-0.2, 0) is 43.2 Å². The molecule has 322 valence electrons. The van der Waals surface area contributed by atoms with Crippen molar-refractivity contribution in [2.24, 2.45) is 17.3 Å². The number of hydrogen-bond donors (Lipinski definition) is 11. The van der Waals surface area contributed by atoms with Gasteiger partial charge in [-0.2, -0.15) is 0 Å². The van der Waals surface area contributed by atoms with Crippen LogP contribution in [0.1, 0.15) is 112 Å². The lowest BCUT2D eigenvalue weighted by atomic mass is 9.82. The van der Waals surface area contributed by atoms with Crippen LogP contribution >= 0.6 is 0 Å². The molecule has 1 aliphatic rings. The average molecular weight is 813 g/mol. The molecule has 1 saturated carbocycles. The van der Waals surface area contributed by atoms with Crippen LogP contribution in [0.2, 0.25) is 6.32 Å². The summed E-state index contributed by atoms with van der Waals surface area (Å²) in [6.07, 6.45) is 0.605. The normalized spacial score (nSPS) is 15.8. The maximum Gasteiger partial charge on any atom is 0.451 e. The average Bonchev–Trinajstić information content (AvgIpc) is 3.10. The standard InChI is InChI=1S/C36H61BN6O14/c1-20(2)18-23(31(51)38-17-9-16-37(56)57)41-35(55)30(36(3,4)5)43-34(54)29(21-10-7-6-8-11-21)42-32(52)22(12-14-26(45)46)40-33(53)24(19-28(49)50)39-25(44)13-15-27(47)48/h20-24,29-30,56-57H,6-19H2,1-5H3,(H,38,51)(H,39,44)(H,40,53)(H,41,55)(H,42,52)(H,43,54)(H,45,46)(H,47,48)(H,49,50)/t22-,23-,24-,29?,30+/m0/s1. The second-order valence-corrected chi connectivity index (χ2v) is 15.9. The van der Waals surface area contributed by atoms with Gasteiger partial charge in [-0.25, -0.2) is 0 Å². The highest BCUT2D eigenvalue weighted by molar-refractivity contribution is 6.40. The van der Waals surface area contributed by atoms with Gasteiger partial charge in [0.1, 0.15) is 30.2 Å². The van der Waals surface area contributed by atoms with E-state index in [1.807, 2.05) is 13.8 Å². The van der Waals surface area contributed by atoms with Crippen LogP contribution in [-0.4, -0.2) is 123 Å². The second-order valence-electron chi connectivity index (χ2n) is 15.9. The summed E-state index contributed by atoms with van der Waals surface area (Å²) < 4.78 is 0. The van der Waals surface area contributed by atoms with Crippen molar-refractivity contribution in [3.63, 3.8) is 0 Å². The van der Waals surface area contributed by atoms with Crippen LogP contribution in [0.25, 0.3) is 0 Å². The SMILES string of the molecule is CC(C)C[C@H](NC(=O)[C@@H](NC(=O)C(NC(=O)[C@H](CCC(=O)O)NC(=O)[C@H](CC(=O)O)NC(=O)CCC(=O)O)C1CCCCC1)C(C)(C)C)C(=O)NCCCB(O)O. The Morgan fingerprint density at radius 1 is 0.649 bits per heavy atom. The fourth-order valence-corrected chi connectivity index (χ4v) is 6.28. The minimum absolute atomic E-state index is 0.0314. The van der Waals surface area contributed by atoms with Crippen molar-refractivity contribution in [1.82, 2.24) is 31.9 Å². The predicted molar refractivity (Wildman–Crippen MR) is 204 cm³/mol. The van der Waals surface area contributed by atoms with Crippen LogP contribution in [0, 0.1) is 17.3 Å². The van der Waals surface area contributed by atoms with Gasteiger partial charge in [0, 0.05) is 19.4 Å². The molecule has 1 unspecified atom stereocenters. The quantitative estimate of drug-likeness (QED) is 0.0400. The zero-order chi connectivity index (χ0) is 43.5. The van der Waals surface area contributed by atoms with Crippen LogP contribution in [0.3, 0.4) is 0 Å². The topological polar surface area (TPSA) is 327 Å². The Balaban J connectivity index is 3.38. The molecule has 0 aromatic rings. The summed E-state index contributed by atoms with van der Waals surface area (Å²) >= 11 is 0. The Bertz CT molecular complexity index is 1420. The molecule has 0 radical (unpaired) electrons. The molecule has 1 fully saturated rings. The van der Waals surface area contributed by atoms with Gasteiger partial charge in [-0.05, 0) is 55.7 Å². The molecule has 57 heavy (non-hydrogen) atoms. The number of rotatable bonds is 25. The molecular formula is C36H61BN6O14. The molecular weight excluding hydrogens is 751 g/mol. The summed E-state index contributed by atoms with van der Waals surface area (Å²) in [5.41, 5.74) is -0.928. The van der Waals surface area contributed by atoms with Gasteiger partial charge in [-0.3, -0.25) is 43.2 Å². The van der Waals surface area contributed by atoms with Crippen LogP contribution in [0.4, 0.5) is 0 Å². The highest BCUT2D eigenvalue weighted by atomic mass is 16.4. The monoisotopic (exact) mass is 812 g/mol. The highest BCUT2D eigenvalue weighted by Crippen LogP contribution is 2.28. The highest BCUT2D eigenvalue weighted by Gasteiger charge is 2.40.